The Morgan fingerprint density at radius 2 is 0.763 bits per heavy atom. The Morgan fingerprint density at radius 3 is 1.18 bits per heavy atom. The van der Waals surface area contributed by atoms with Crippen LogP contribution in [0.1, 0.15) is 43.1 Å². The predicted molar refractivity (Wildman–Crippen MR) is 173 cm³/mol. The molecular weight excluding hydrogens is 497 g/mol. The van der Waals surface area contributed by atoms with Gasteiger partial charge in [-0.1, -0.05) is 108 Å². The molecule has 0 atom stereocenters. The van der Waals surface area contributed by atoms with Gasteiger partial charge >= 0.3 is 0 Å². The summed E-state index contributed by atoms with van der Waals surface area (Å²) in [5, 5.41) is 2.59. The minimum Gasteiger partial charge on any atom is -0.136 e. The molecule has 0 aliphatic carbocycles. The van der Waals surface area contributed by atoms with Crippen molar-refractivity contribution >= 4 is 79.3 Å². The standard InChI is InChI=1S/C36H28S2/c1-25-3-7-27(8-4-25)15-19-33-23-31-17-13-29(21-35(31)37-33)11-12-30-14-18-32-24-34(38-36(32)22-30)20-16-28-9-5-26(2)6-10-28/h3-24H,1-2H3/b12-11+,19-15+,20-16+. The van der Waals surface area contributed by atoms with E-state index in [4.69, 9.17) is 0 Å². The van der Waals surface area contributed by atoms with Crippen molar-refractivity contribution in [3.8, 4) is 0 Å². The minimum atomic E-state index is 1.22. The highest BCUT2D eigenvalue weighted by Gasteiger charge is 2.02. The summed E-state index contributed by atoms with van der Waals surface area (Å²) in [6.07, 6.45) is 13.2. The summed E-state index contributed by atoms with van der Waals surface area (Å²) in [5.41, 5.74) is 7.48. The van der Waals surface area contributed by atoms with Gasteiger partial charge in [0.25, 0.3) is 0 Å². The van der Waals surface area contributed by atoms with Crippen molar-refractivity contribution < 1.29 is 0 Å². The third-order valence-corrected chi connectivity index (χ3v) is 8.76. The van der Waals surface area contributed by atoms with Crippen molar-refractivity contribution in [2.45, 2.75) is 13.8 Å². The molecule has 6 aromatic rings. The summed E-state index contributed by atoms with van der Waals surface area (Å²) >= 11 is 3.68. The molecule has 0 fully saturated rings. The van der Waals surface area contributed by atoms with Gasteiger partial charge in [0, 0.05) is 19.2 Å². The Morgan fingerprint density at radius 1 is 0.395 bits per heavy atom. The molecule has 0 radical (unpaired) electrons. The number of thiophene rings is 2. The summed E-state index contributed by atoms with van der Waals surface area (Å²) in [4.78, 5) is 2.55. The Balaban J connectivity index is 1.17. The fourth-order valence-corrected chi connectivity index (χ4v) is 6.44. The SMILES string of the molecule is Cc1ccc(/C=C/c2cc3ccc(/C=C/c4ccc5cc(/C=C/c6ccc(C)cc6)sc5c4)cc3s2)cc1. The van der Waals surface area contributed by atoms with E-state index in [9.17, 15) is 0 Å². The number of aryl methyl sites for hydroxylation is 2. The van der Waals surface area contributed by atoms with Crippen LogP contribution in [0.4, 0.5) is 0 Å². The molecule has 0 spiro atoms. The van der Waals surface area contributed by atoms with E-state index in [-0.39, 0.29) is 0 Å². The van der Waals surface area contributed by atoms with Gasteiger partial charge in [-0.3, -0.25) is 0 Å². The number of hydrogen-bond donors (Lipinski definition) is 0. The summed E-state index contributed by atoms with van der Waals surface area (Å²) in [5.74, 6) is 0. The van der Waals surface area contributed by atoms with Crippen LogP contribution in [0.25, 0.3) is 56.6 Å². The normalized spacial score (nSPS) is 12.2. The lowest BCUT2D eigenvalue weighted by Crippen LogP contribution is -1.73. The van der Waals surface area contributed by atoms with E-state index in [1.165, 1.54) is 63.3 Å². The van der Waals surface area contributed by atoms with E-state index in [0.717, 1.165) is 0 Å². The first-order chi connectivity index (χ1) is 18.6. The molecule has 2 heteroatoms. The second kappa shape index (κ2) is 10.8. The van der Waals surface area contributed by atoms with Crippen molar-refractivity contribution in [1.29, 1.82) is 0 Å². The zero-order chi connectivity index (χ0) is 25.9. The fourth-order valence-electron chi connectivity index (χ4n) is 4.41. The van der Waals surface area contributed by atoms with E-state index in [1.54, 1.807) is 0 Å². The van der Waals surface area contributed by atoms with Crippen LogP contribution < -0.4 is 0 Å². The van der Waals surface area contributed by atoms with E-state index in [0.29, 0.717) is 0 Å². The van der Waals surface area contributed by atoms with Crippen LogP contribution in [-0.4, -0.2) is 0 Å². The highest BCUT2D eigenvalue weighted by atomic mass is 32.1. The largest absolute Gasteiger partial charge is 0.136 e. The van der Waals surface area contributed by atoms with Gasteiger partial charge in [0.05, 0.1) is 0 Å². The lowest BCUT2D eigenvalue weighted by molar-refractivity contribution is 1.46. The Kier molecular flexibility index (Phi) is 6.92. The maximum absolute atomic E-state index is 2.29. The van der Waals surface area contributed by atoms with Gasteiger partial charge in [-0.25, -0.2) is 0 Å². The van der Waals surface area contributed by atoms with Crippen molar-refractivity contribution in [2.24, 2.45) is 0 Å². The van der Waals surface area contributed by atoms with Crippen LogP contribution in [0.3, 0.4) is 0 Å². The smallest absolute Gasteiger partial charge is 0.0355 e. The summed E-state index contributed by atoms with van der Waals surface area (Å²) in [6.45, 7) is 4.24. The molecule has 38 heavy (non-hydrogen) atoms. The first-order valence-electron chi connectivity index (χ1n) is 12.8. The number of hydrogen-bond acceptors (Lipinski definition) is 2. The quantitative estimate of drug-likeness (QED) is 0.190. The van der Waals surface area contributed by atoms with Crippen molar-refractivity contribution in [1.82, 2.24) is 0 Å². The molecule has 0 N–H and O–H groups in total. The molecule has 0 aliphatic heterocycles. The van der Waals surface area contributed by atoms with Crippen LogP contribution in [0.5, 0.6) is 0 Å². The van der Waals surface area contributed by atoms with Gasteiger partial charge in [-0.05, 0) is 83.3 Å². The average Bonchev–Trinajstić information content (AvgIpc) is 3.54. The molecule has 0 aliphatic rings. The highest BCUT2D eigenvalue weighted by Crippen LogP contribution is 2.30. The number of rotatable bonds is 6. The topological polar surface area (TPSA) is 0 Å². The highest BCUT2D eigenvalue weighted by molar-refractivity contribution is 7.20. The second-order valence-electron chi connectivity index (χ2n) is 9.71. The van der Waals surface area contributed by atoms with Gasteiger partial charge in [0.15, 0.2) is 0 Å². The van der Waals surface area contributed by atoms with Crippen LogP contribution in [0.15, 0.2) is 97.1 Å². The molecule has 4 aromatic carbocycles. The van der Waals surface area contributed by atoms with Gasteiger partial charge in [-0.15, -0.1) is 22.7 Å². The van der Waals surface area contributed by atoms with Gasteiger partial charge in [-0.2, -0.15) is 0 Å². The van der Waals surface area contributed by atoms with E-state index in [2.05, 4.69) is 147 Å². The van der Waals surface area contributed by atoms with Crippen molar-refractivity contribution in [2.75, 3.05) is 0 Å². The van der Waals surface area contributed by atoms with E-state index >= 15 is 0 Å². The van der Waals surface area contributed by atoms with Crippen molar-refractivity contribution in [3.63, 3.8) is 0 Å². The molecule has 2 aromatic heterocycles. The molecular formula is C36H28S2. The van der Waals surface area contributed by atoms with Gasteiger partial charge in [0.1, 0.15) is 0 Å². The van der Waals surface area contributed by atoms with Gasteiger partial charge < -0.3 is 0 Å². The molecule has 0 amide bonds. The Hall–Kier alpha value is -3.98. The molecule has 0 unspecified atom stereocenters. The molecule has 184 valence electrons. The molecule has 6 rings (SSSR count). The summed E-state index contributed by atoms with van der Waals surface area (Å²) in [6, 6.07) is 35.3. The van der Waals surface area contributed by atoms with Crippen LogP contribution in [-0.2, 0) is 0 Å². The first kappa shape index (κ1) is 24.4. The third kappa shape index (κ3) is 5.78. The lowest BCUT2D eigenvalue weighted by atomic mass is 10.1. The zero-order valence-corrected chi connectivity index (χ0v) is 23.2. The number of fused-ring (bicyclic) bond motifs is 2. The predicted octanol–water partition coefficient (Wildman–Crippen LogP) is 11.2. The molecule has 0 saturated carbocycles. The van der Waals surface area contributed by atoms with Gasteiger partial charge in [0.2, 0.25) is 0 Å². The second-order valence-corrected chi connectivity index (χ2v) is 11.9. The molecule has 0 nitrogen and oxygen atoms in total. The Bertz CT molecular complexity index is 1670. The van der Waals surface area contributed by atoms with E-state index in [1.807, 2.05) is 22.7 Å². The van der Waals surface area contributed by atoms with E-state index < -0.39 is 0 Å². The van der Waals surface area contributed by atoms with Crippen LogP contribution in [0, 0.1) is 13.8 Å². The van der Waals surface area contributed by atoms with Crippen LogP contribution in [0.2, 0.25) is 0 Å². The molecule has 0 bridgehead atoms. The zero-order valence-electron chi connectivity index (χ0n) is 21.5. The Labute approximate surface area is 232 Å². The maximum atomic E-state index is 2.29. The van der Waals surface area contributed by atoms with Crippen LogP contribution >= 0.6 is 22.7 Å². The monoisotopic (exact) mass is 524 g/mol. The first-order valence-corrected chi connectivity index (χ1v) is 14.5. The average molecular weight is 525 g/mol. The maximum Gasteiger partial charge on any atom is 0.0355 e. The van der Waals surface area contributed by atoms with Crippen molar-refractivity contribution in [3.05, 3.63) is 140 Å². The number of benzene rings is 4. The third-order valence-electron chi connectivity index (χ3n) is 6.63. The minimum absolute atomic E-state index is 1.22. The lowest BCUT2D eigenvalue weighted by Gasteiger charge is -1.96. The fraction of sp³-hybridized carbons (Fsp3) is 0.0556. The summed E-state index contributed by atoms with van der Waals surface area (Å²) < 4.78 is 2.63. The molecule has 2 heterocycles. The molecule has 0 saturated heterocycles. The summed E-state index contributed by atoms with van der Waals surface area (Å²) in [7, 11) is 0.